The summed E-state index contributed by atoms with van der Waals surface area (Å²) in [5.74, 6) is 0. The fourth-order valence-electron chi connectivity index (χ4n) is 0.644. The van der Waals surface area contributed by atoms with Gasteiger partial charge in [0, 0.05) is 5.40 Å². The zero-order valence-electron chi connectivity index (χ0n) is 6.23. The summed E-state index contributed by atoms with van der Waals surface area (Å²) in [6, 6.07) is -2.63. The Bertz CT molecular complexity index is 88.5. The smallest absolute Gasteiger partial charge is 0.168 e. The highest BCUT2D eigenvalue weighted by Gasteiger charge is 2.13. The standard InChI is InChI=1S/C5H14O4P2/c1-2-3(10-4(6)7)11-5(8)9/h3-11H,2H2,1H3. The predicted octanol–water partition coefficient (Wildman–Crippen LogP) is -0.384. The molecule has 4 N–H and O–H groups in total. The van der Waals surface area contributed by atoms with Gasteiger partial charge in [-0.3, -0.25) is 0 Å². The van der Waals surface area contributed by atoms with E-state index in [0.29, 0.717) is 0 Å². The van der Waals surface area contributed by atoms with Crippen molar-refractivity contribution in [2.24, 2.45) is 0 Å². The van der Waals surface area contributed by atoms with Gasteiger partial charge in [0.2, 0.25) is 0 Å². The highest BCUT2D eigenvalue weighted by molar-refractivity contribution is 7.57. The van der Waals surface area contributed by atoms with Gasteiger partial charge < -0.3 is 20.4 Å². The summed E-state index contributed by atoms with van der Waals surface area (Å²) in [5.41, 5.74) is 0. The van der Waals surface area contributed by atoms with Crippen LogP contribution in [0.5, 0.6) is 0 Å². The zero-order chi connectivity index (χ0) is 8.85. The van der Waals surface area contributed by atoms with Gasteiger partial charge in [-0.2, -0.15) is 0 Å². The largest absolute Gasteiger partial charge is 0.365 e. The van der Waals surface area contributed by atoms with Gasteiger partial charge in [-0.1, -0.05) is 24.1 Å². The Morgan fingerprint density at radius 2 is 1.36 bits per heavy atom. The molecule has 0 radical (unpaired) electrons. The second-order valence-corrected chi connectivity index (χ2v) is 5.71. The summed E-state index contributed by atoms with van der Waals surface area (Å²) in [4.78, 5) is 0. The molecular weight excluding hydrogens is 186 g/mol. The van der Waals surface area contributed by atoms with Crippen LogP contribution in [0.3, 0.4) is 0 Å². The molecule has 0 aliphatic rings. The number of rotatable bonds is 5. The molecule has 0 saturated heterocycles. The van der Waals surface area contributed by atoms with Gasteiger partial charge in [-0.05, 0) is 6.42 Å². The van der Waals surface area contributed by atoms with Crippen LogP contribution in [0.1, 0.15) is 13.3 Å². The van der Waals surface area contributed by atoms with Crippen LogP contribution in [-0.2, 0) is 0 Å². The molecule has 0 heterocycles. The van der Waals surface area contributed by atoms with Gasteiger partial charge in [-0.15, -0.1) is 0 Å². The quantitative estimate of drug-likeness (QED) is 0.360. The lowest BCUT2D eigenvalue weighted by Crippen LogP contribution is -2.06. The van der Waals surface area contributed by atoms with E-state index < -0.39 is 12.1 Å². The monoisotopic (exact) mass is 200 g/mol. The lowest BCUT2D eigenvalue weighted by Gasteiger charge is -2.16. The Hall–Kier alpha value is 0.700. The minimum atomic E-state index is -1.31. The molecular formula is C5H14O4P2. The topological polar surface area (TPSA) is 80.9 Å². The summed E-state index contributed by atoms with van der Waals surface area (Å²) in [6.45, 7) is 1.88. The van der Waals surface area contributed by atoms with Crippen LogP contribution in [0.4, 0.5) is 0 Å². The number of aliphatic hydroxyl groups excluding tert-OH is 2. The third-order valence-electron chi connectivity index (χ3n) is 1.11. The van der Waals surface area contributed by atoms with Gasteiger partial charge in [-0.25, -0.2) is 0 Å². The first-order chi connectivity index (χ1) is 5.06. The van der Waals surface area contributed by atoms with Crippen LogP contribution in [0.25, 0.3) is 0 Å². The predicted molar refractivity (Wildman–Crippen MR) is 47.2 cm³/mol. The van der Waals surface area contributed by atoms with Gasteiger partial charge in [0.05, 0.1) is 0 Å². The van der Waals surface area contributed by atoms with Crippen LogP contribution < -0.4 is 0 Å². The molecule has 0 aliphatic heterocycles. The Balaban J connectivity index is 3.58. The van der Waals surface area contributed by atoms with Crippen LogP contribution in [0.15, 0.2) is 0 Å². The molecule has 4 nitrogen and oxygen atoms in total. The molecule has 0 aliphatic carbocycles. The van der Waals surface area contributed by atoms with Crippen molar-refractivity contribution in [3.63, 3.8) is 0 Å². The molecule has 0 spiro atoms. The van der Waals surface area contributed by atoms with E-state index in [9.17, 15) is 0 Å². The van der Waals surface area contributed by atoms with E-state index in [1.165, 1.54) is 0 Å². The van der Waals surface area contributed by atoms with Gasteiger partial charge in [0.15, 0.2) is 12.1 Å². The first-order valence-electron chi connectivity index (χ1n) is 3.30. The second-order valence-electron chi connectivity index (χ2n) is 2.04. The van der Waals surface area contributed by atoms with Crippen molar-refractivity contribution in [1.29, 1.82) is 0 Å². The fraction of sp³-hybridized carbons (Fsp3) is 1.00. The Morgan fingerprint density at radius 1 is 1.00 bits per heavy atom. The van der Waals surface area contributed by atoms with Crippen LogP contribution in [0.2, 0.25) is 0 Å². The summed E-state index contributed by atoms with van der Waals surface area (Å²) in [6.07, 6.45) is 0.742. The van der Waals surface area contributed by atoms with Gasteiger partial charge in [0.25, 0.3) is 0 Å². The molecule has 6 heteroatoms. The first kappa shape index (κ1) is 11.7. The molecule has 68 valence electrons. The van der Waals surface area contributed by atoms with E-state index in [4.69, 9.17) is 20.4 Å². The first-order valence-corrected chi connectivity index (χ1v) is 5.61. The molecule has 0 rings (SSSR count). The third-order valence-corrected chi connectivity index (χ3v) is 4.33. The Labute approximate surface area is 69.2 Å². The second kappa shape index (κ2) is 6.24. The van der Waals surface area contributed by atoms with Crippen molar-refractivity contribution in [3.05, 3.63) is 0 Å². The molecule has 2 unspecified atom stereocenters. The van der Waals surface area contributed by atoms with E-state index >= 15 is 0 Å². The van der Waals surface area contributed by atoms with Crippen LogP contribution in [-0.4, -0.2) is 37.9 Å². The van der Waals surface area contributed by atoms with Crippen molar-refractivity contribution in [1.82, 2.24) is 0 Å². The Morgan fingerprint density at radius 3 is 1.55 bits per heavy atom. The lowest BCUT2D eigenvalue weighted by molar-refractivity contribution is 0.0350. The fourth-order valence-corrected chi connectivity index (χ4v) is 3.11. The van der Waals surface area contributed by atoms with Gasteiger partial charge in [0.1, 0.15) is 0 Å². The molecule has 11 heavy (non-hydrogen) atoms. The Kier molecular flexibility index (Phi) is 6.64. The van der Waals surface area contributed by atoms with Crippen LogP contribution >= 0.6 is 17.2 Å². The maximum atomic E-state index is 8.58. The van der Waals surface area contributed by atoms with E-state index in [2.05, 4.69) is 0 Å². The summed E-state index contributed by atoms with van der Waals surface area (Å²) < 4.78 is 0. The van der Waals surface area contributed by atoms with E-state index in [1.807, 2.05) is 6.92 Å². The number of aliphatic hydroxyl groups is 4. The van der Waals surface area contributed by atoms with Crippen molar-refractivity contribution >= 4 is 17.2 Å². The molecule has 0 aromatic carbocycles. The van der Waals surface area contributed by atoms with E-state index in [1.54, 1.807) is 0 Å². The lowest BCUT2D eigenvalue weighted by atomic mass is 10.6. The third kappa shape index (κ3) is 7.07. The van der Waals surface area contributed by atoms with Crippen LogP contribution in [0, 0.1) is 0 Å². The normalized spacial score (nSPS) is 16.6. The summed E-state index contributed by atoms with van der Waals surface area (Å²) >= 11 is 0. The molecule has 0 aromatic heterocycles. The highest BCUT2D eigenvalue weighted by atomic mass is 31.1. The van der Waals surface area contributed by atoms with Gasteiger partial charge >= 0.3 is 0 Å². The molecule has 0 amide bonds. The molecule has 0 saturated carbocycles. The minimum Gasteiger partial charge on any atom is -0.365 e. The van der Waals surface area contributed by atoms with Crippen molar-refractivity contribution in [2.45, 2.75) is 30.8 Å². The SMILES string of the molecule is CCC(PC(O)O)PC(O)O. The summed E-state index contributed by atoms with van der Waals surface area (Å²) in [7, 11) is -0.0480. The minimum absolute atomic E-state index is 0.0231. The van der Waals surface area contributed by atoms with Crippen molar-refractivity contribution < 1.29 is 20.4 Å². The highest BCUT2D eigenvalue weighted by Crippen LogP contribution is 2.39. The van der Waals surface area contributed by atoms with Crippen molar-refractivity contribution in [3.8, 4) is 0 Å². The maximum absolute atomic E-state index is 8.58. The average molecular weight is 200 g/mol. The number of hydrogen-bond acceptors (Lipinski definition) is 4. The molecule has 0 fully saturated rings. The van der Waals surface area contributed by atoms with E-state index in [0.717, 1.165) is 6.42 Å². The maximum Gasteiger partial charge on any atom is 0.168 e. The summed E-state index contributed by atoms with van der Waals surface area (Å²) in [5, 5.41) is 34.3. The number of hydrogen-bond donors (Lipinski definition) is 4. The zero-order valence-corrected chi connectivity index (χ0v) is 8.23. The molecule has 0 bridgehead atoms. The van der Waals surface area contributed by atoms with Crippen molar-refractivity contribution in [2.75, 3.05) is 0 Å². The van der Waals surface area contributed by atoms with E-state index in [-0.39, 0.29) is 22.6 Å². The molecule has 0 aromatic rings. The average Bonchev–Trinajstić information content (AvgIpc) is 1.84. The molecule has 2 atom stereocenters.